The van der Waals surface area contributed by atoms with Crippen molar-refractivity contribution in [3.63, 3.8) is 0 Å². The van der Waals surface area contributed by atoms with Gasteiger partial charge in [0.2, 0.25) is 11.8 Å². The average Bonchev–Trinajstić information content (AvgIpc) is 2.93. The number of carbonyl (C=O) groups excluding carboxylic acids is 2. The molecule has 6 nitrogen and oxygen atoms in total. The quantitative estimate of drug-likeness (QED) is 0.907. The maximum atomic E-state index is 12.4. The van der Waals surface area contributed by atoms with E-state index in [0.29, 0.717) is 13.0 Å². The highest BCUT2D eigenvalue weighted by molar-refractivity contribution is 5.94. The van der Waals surface area contributed by atoms with Crippen LogP contribution in [0.4, 0.5) is 5.69 Å². The van der Waals surface area contributed by atoms with Crippen LogP contribution >= 0.6 is 0 Å². The highest BCUT2D eigenvalue weighted by Gasteiger charge is 2.38. The second kappa shape index (κ2) is 7.25. The lowest BCUT2D eigenvalue weighted by Crippen LogP contribution is -2.40. The molecule has 0 saturated carbocycles. The van der Waals surface area contributed by atoms with E-state index < -0.39 is 6.04 Å². The zero-order valence-electron chi connectivity index (χ0n) is 13.7. The molecule has 1 aromatic rings. The summed E-state index contributed by atoms with van der Waals surface area (Å²) in [4.78, 5) is 27.9. The van der Waals surface area contributed by atoms with Crippen LogP contribution in [0.15, 0.2) is 24.3 Å². The van der Waals surface area contributed by atoms with Crippen molar-refractivity contribution in [1.29, 1.82) is 5.26 Å². The Morgan fingerprint density at radius 2 is 2.09 bits per heavy atom. The first kappa shape index (κ1) is 17.0. The minimum Gasteiger partial charge on any atom is -0.326 e. The van der Waals surface area contributed by atoms with Gasteiger partial charge >= 0.3 is 0 Å². The summed E-state index contributed by atoms with van der Waals surface area (Å²) in [7, 11) is 3.61. The van der Waals surface area contributed by atoms with E-state index in [9.17, 15) is 14.9 Å². The molecule has 122 valence electrons. The summed E-state index contributed by atoms with van der Waals surface area (Å²) in [5, 5.41) is 12.2. The molecule has 2 amide bonds. The predicted octanol–water partition coefficient (Wildman–Crippen LogP) is 1.24. The number of hydrogen-bond donors (Lipinski definition) is 1. The molecule has 2 unspecified atom stereocenters. The maximum absolute atomic E-state index is 12.4. The number of likely N-dealkylation sites (N-methyl/N-ethyl adjacent to an activating group) is 1. The lowest BCUT2D eigenvalue weighted by Gasteiger charge is -2.21. The maximum Gasteiger partial charge on any atom is 0.237 e. The molecule has 2 rings (SSSR count). The molecule has 2 atom stereocenters. The summed E-state index contributed by atoms with van der Waals surface area (Å²) >= 11 is 0. The van der Waals surface area contributed by atoms with Crippen molar-refractivity contribution >= 4 is 17.5 Å². The van der Waals surface area contributed by atoms with Gasteiger partial charge in [0, 0.05) is 12.2 Å². The van der Waals surface area contributed by atoms with Crippen molar-refractivity contribution in [1.82, 2.24) is 9.80 Å². The fraction of sp³-hybridized carbons (Fsp3) is 0.471. The molecular formula is C17H22N4O2. The Bertz CT molecular complexity index is 636. The number of nitrogens with zero attached hydrogens (tertiary/aromatic N) is 3. The van der Waals surface area contributed by atoms with E-state index in [1.165, 1.54) is 4.90 Å². The number of carbonyl (C=O) groups is 2. The number of amides is 2. The van der Waals surface area contributed by atoms with Crippen LogP contribution in [0, 0.1) is 24.2 Å². The third kappa shape index (κ3) is 4.08. The lowest BCUT2D eigenvalue weighted by molar-refractivity contribution is -0.132. The Morgan fingerprint density at radius 1 is 1.39 bits per heavy atom. The van der Waals surface area contributed by atoms with Gasteiger partial charge in [-0.2, -0.15) is 5.26 Å². The van der Waals surface area contributed by atoms with Crippen LogP contribution in [0.2, 0.25) is 0 Å². The van der Waals surface area contributed by atoms with Crippen LogP contribution in [-0.2, 0) is 9.59 Å². The summed E-state index contributed by atoms with van der Waals surface area (Å²) in [6, 6.07) is 9.15. The molecule has 1 fully saturated rings. The Kier molecular flexibility index (Phi) is 5.35. The van der Waals surface area contributed by atoms with Crippen LogP contribution in [0.5, 0.6) is 0 Å². The molecule has 23 heavy (non-hydrogen) atoms. The van der Waals surface area contributed by atoms with Crippen molar-refractivity contribution < 1.29 is 9.59 Å². The Morgan fingerprint density at radius 3 is 2.70 bits per heavy atom. The predicted molar refractivity (Wildman–Crippen MR) is 87.6 cm³/mol. The second-order valence-corrected chi connectivity index (χ2v) is 6.17. The summed E-state index contributed by atoms with van der Waals surface area (Å²) in [6.07, 6.45) is 0.382. The van der Waals surface area contributed by atoms with Crippen LogP contribution in [0.3, 0.4) is 0 Å². The van der Waals surface area contributed by atoms with Crippen LogP contribution in [0.25, 0.3) is 0 Å². The molecular weight excluding hydrogens is 292 g/mol. The number of aryl methyl sites for hydroxylation is 1. The zero-order valence-corrected chi connectivity index (χ0v) is 13.7. The van der Waals surface area contributed by atoms with Gasteiger partial charge in [0.05, 0.1) is 18.5 Å². The van der Waals surface area contributed by atoms with Crippen molar-refractivity contribution in [2.45, 2.75) is 19.4 Å². The molecule has 1 heterocycles. The second-order valence-electron chi connectivity index (χ2n) is 6.17. The molecule has 1 aliphatic rings. The zero-order chi connectivity index (χ0) is 17.0. The van der Waals surface area contributed by atoms with Gasteiger partial charge in [-0.05, 0) is 39.1 Å². The van der Waals surface area contributed by atoms with E-state index in [4.69, 9.17) is 0 Å². The first-order valence-electron chi connectivity index (χ1n) is 7.62. The summed E-state index contributed by atoms with van der Waals surface area (Å²) in [5.41, 5.74) is 1.75. The third-order valence-corrected chi connectivity index (χ3v) is 4.00. The number of hydrogen-bond acceptors (Lipinski definition) is 4. The summed E-state index contributed by atoms with van der Waals surface area (Å²) in [5.74, 6) is -0.613. The highest BCUT2D eigenvalue weighted by Crippen LogP contribution is 2.25. The molecule has 0 radical (unpaired) electrons. The topological polar surface area (TPSA) is 76.4 Å². The van der Waals surface area contributed by atoms with Gasteiger partial charge in [0.1, 0.15) is 6.04 Å². The molecule has 1 saturated heterocycles. The minimum absolute atomic E-state index is 0.118. The van der Waals surface area contributed by atoms with E-state index in [1.54, 1.807) is 19.0 Å². The molecule has 1 aromatic carbocycles. The molecule has 6 heteroatoms. The molecule has 1 aliphatic heterocycles. The van der Waals surface area contributed by atoms with Gasteiger partial charge in [-0.3, -0.25) is 9.59 Å². The van der Waals surface area contributed by atoms with Gasteiger partial charge in [0.25, 0.3) is 0 Å². The molecule has 0 bridgehead atoms. The first-order chi connectivity index (χ1) is 10.9. The standard InChI is InChI=1S/C17H22N4O2/c1-12-6-4-5-7-15(12)19-17(23)13-8-14(9-18)21(10-13)16(22)11-20(2)3/h4-7,13-14H,8,10-11H2,1-3H3,(H,19,23). The minimum atomic E-state index is -0.532. The van der Waals surface area contributed by atoms with Gasteiger partial charge in [-0.25, -0.2) is 0 Å². The number of benzene rings is 1. The van der Waals surface area contributed by atoms with E-state index in [2.05, 4.69) is 11.4 Å². The number of para-hydroxylation sites is 1. The number of nitrogens with one attached hydrogen (secondary N) is 1. The normalized spacial score (nSPS) is 20.4. The number of nitriles is 1. The summed E-state index contributed by atoms with van der Waals surface area (Å²) in [6.45, 7) is 2.46. The monoisotopic (exact) mass is 314 g/mol. The first-order valence-corrected chi connectivity index (χ1v) is 7.62. The third-order valence-electron chi connectivity index (χ3n) is 4.00. The SMILES string of the molecule is Cc1ccccc1NC(=O)C1CC(C#N)N(C(=O)CN(C)C)C1. The van der Waals surface area contributed by atoms with Gasteiger partial charge in [-0.15, -0.1) is 0 Å². The Balaban J connectivity index is 2.04. The Hall–Kier alpha value is -2.39. The summed E-state index contributed by atoms with van der Waals surface area (Å²) < 4.78 is 0. The van der Waals surface area contributed by atoms with E-state index in [-0.39, 0.29) is 24.3 Å². The van der Waals surface area contributed by atoms with Crippen molar-refractivity contribution in [3.05, 3.63) is 29.8 Å². The van der Waals surface area contributed by atoms with Gasteiger partial charge < -0.3 is 15.1 Å². The molecule has 0 spiro atoms. The number of likely N-dealkylation sites (tertiary alicyclic amines) is 1. The smallest absolute Gasteiger partial charge is 0.237 e. The number of rotatable bonds is 4. The van der Waals surface area contributed by atoms with Crippen molar-refractivity contribution in [3.8, 4) is 6.07 Å². The fourth-order valence-electron chi connectivity index (χ4n) is 2.73. The van der Waals surface area contributed by atoms with Crippen molar-refractivity contribution in [2.24, 2.45) is 5.92 Å². The lowest BCUT2D eigenvalue weighted by atomic mass is 10.0. The largest absolute Gasteiger partial charge is 0.326 e. The molecule has 1 N–H and O–H groups in total. The molecule has 0 aliphatic carbocycles. The Labute approximate surface area is 136 Å². The van der Waals surface area contributed by atoms with Crippen LogP contribution in [0.1, 0.15) is 12.0 Å². The van der Waals surface area contributed by atoms with E-state index in [1.807, 2.05) is 31.2 Å². The van der Waals surface area contributed by atoms with E-state index >= 15 is 0 Å². The fourth-order valence-corrected chi connectivity index (χ4v) is 2.73. The van der Waals surface area contributed by atoms with Gasteiger partial charge in [-0.1, -0.05) is 18.2 Å². The highest BCUT2D eigenvalue weighted by atomic mass is 16.2. The van der Waals surface area contributed by atoms with Crippen LogP contribution in [-0.4, -0.2) is 54.8 Å². The average molecular weight is 314 g/mol. The van der Waals surface area contributed by atoms with E-state index in [0.717, 1.165) is 11.3 Å². The van der Waals surface area contributed by atoms with Crippen LogP contribution < -0.4 is 5.32 Å². The number of anilines is 1. The molecule has 0 aromatic heterocycles. The van der Waals surface area contributed by atoms with Gasteiger partial charge in [0.15, 0.2) is 0 Å². The van der Waals surface area contributed by atoms with Crippen molar-refractivity contribution in [2.75, 3.05) is 32.5 Å².